The van der Waals surface area contributed by atoms with Crippen molar-refractivity contribution in [2.24, 2.45) is 0 Å². The van der Waals surface area contributed by atoms with Gasteiger partial charge in [-0.05, 0) is 29.3 Å². The minimum atomic E-state index is -0.288. The lowest BCUT2D eigenvalue weighted by molar-refractivity contribution is 0.527. The van der Waals surface area contributed by atoms with Crippen molar-refractivity contribution in [3.8, 4) is 0 Å². The van der Waals surface area contributed by atoms with E-state index in [2.05, 4.69) is 69.6 Å². The average Bonchev–Trinajstić information content (AvgIpc) is 2.24. The van der Waals surface area contributed by atoms with E-state index in [1.165, 1.54) is 16.6 Å². The minimum absolute atomic E-state index is 0.107. The zero-order chi connectivity index (χ0) is 14.1. The lowest BCUT2D eigenvalue weighted by Gasteiger charge is -2.32. The highest BCUT2D eigenvalue weighted by atomic mass is 32.6. The summed E-state index contributed by atoms with van der Waals surface area (Å²) in [5.41, 5.74) is 4.13. The van der Waals surface area contributed by atoms with Crippen LogP contribution < -0.4 is 5.44 Å². The predicted molar refractivity (Wildman–Crippen MR) is 93.7 cm³/mol. The summed E-state index contributed by atoms with van der Waals surface area (Å²) in [6.07, 6.45) is 1.95. The van der Waals surface area contributed by atoms with Crippen LogP contribution in [-0.4, -0.2) is 10.2 Å². The fourth-order valence-electron chi connectivity index (χ4n) is 1.91. The fraction of sp³-hybridized carbons (Fsp3) is 0.667. The Labute approximate surface area is 119 Å². The van der Waals surface area contributed by atoms with Crippen molar-refractivity contribution in [1.29, 1.82) is 0 Å². The van der Waals surface area contributed by atoms with Gasteiger partial charge in [0.2, 0.25) is 0 Å². The van der Waals surface area contributed by atoms with Crippen molar-refractivity contribution in [2.45, 2.75) is 52.4 Å². The van der Waals surface area contributed by atoms with E-state index >= 15 is 0 Å². The standard InChI is InChI=1S/C12H24N2P4/c1-11(2,3)8-7-13-14-10(18(16)17-15)9(8)12(4,5)6/h7,17H,15-16H2,1-6H3. The van der Waals surface area contributed by atoms with Gasteiger partial charge in [0.25, 0.3) is 0 Å². The maximum atomic E-state index is 4.44. The van der Waals surface area contributed by atoms with E-state index in [-0.39, 0.29) is 18.1 Å². The molecular weight excluding hydrogens is 296 g/mol. The molecular formula is C12H24N2P4. The van der Waals surface area contributed by atoms with Crippen molar-refractivity contribution in [3.05, 3.63) is 17.3 Å². The summed E-state index contributed by atoms with van der Waals surface area (Å²) >= 11 is 0. The third-order valence-corrected chi connectivity index (χ3v) is 12.5. The summed E-state index contributed by atoms with van der Waals surface area (Å²) in [7, 11) is 6.32. The highest BCUT2D eigenvalue weighted by molar-refractivity contribution is 8.63. The zero-order valence-electron chi connectivity index (χ0n) is 12.1. The molecule has 1 rings (SSSR count). The van der Waals surface area contributed by atoms with Gasteiger partial charge in [0, 0.05) is 0 Å². The van der Waals surface area contributed by atoms with E-state index < -0.39 is 0 Å². The van der Waals surface area contributed by atoms with Crippen molar-refractivity contribution >= 4 is 38.5 Å². The second kappa shape index (κ2) is 6.06. The Kier molecular flexibility index (Phi) is 5.67. The van der Waals surface area contributed by atoms with Gasteiger partial charge in [0.05, 0.1) is 11.6 Å². The Bertz CT molecular complexity index is 421. The van der Waals surface area contributed by atoms with Gasteiger partial charge < -0.3 is 0 Å². The molecule has 0 fully saturated rings. The third-order valence-electron chi connectivity index (χ3n) is 2.76. The van der Waals surface area contributed by atoms with Crippen LogP contribution in [0.1, 0.15) is 52.7 Å². The monoisotopic (exact) mass is 320 g/mol. The summed E-state index contributed by atoms with van der Waals surface area (Å²) in [6.45, 7) is 13.5. The Hall–Kier alpha value is 0.800. The molecule has 0 spiro atoms. The molecule has 1 aromatic rings. The number of hydrogen-bond donors (Lipinski definition) is 0. The average molecular weight is 320 g/mol. The molecule has 0 aliphatic heterocycles. The van der Waals surface area contributed by atoms with Gasteiger partial charge >= 0.3 is 0 Å². The summed E-state index contributed by atoms with van der Waals surface area (Å²) in [5, 5.41) is 8.68. The van der Waals surface area contributed by atoms with E-state index in [9.17, 15) is 0 Å². The number of nitrogens with zero attached hydrogens (tertiary/aromatic N) is 2. The van der Waals surface area contributed by atoms with Gasteiger partial charge in [-0.2, -0.15) is 5.10 Å². The largest absolute Gasteiger partial charge is 0.158 e. The molecule has 4 unspecified atom stereocenters. The highest BCUT2D eigenvalue weighted by Gasteiger charge is 2.30. The zero-order valence-corrected chi connectivity index (χ0v) is 16.3. The van der Waals surface area contributed by atoms with Gasteiger partial charge in [0.1, 0.15) is 0 Å². The topological polar surface area (TPSA) is 25.8 Å². The van der Waals surface area contributed by atoms with Crippen LogP contribution in [0.3, 0.4) is 0 Å². The van der Waals surface area contributed by atoms with E-state index in [0.717, 1.165) is 7.96 Å². The first-order chi connectivity index (χ1) is 8.09. The van der Waals surface area contributed by atoms with Crippen molar-refractivity contribution in [2.75, 3.05) is 0 Å². The first-order valence-electron chi connectivity index (χ1n) is 5.96. The number of hydrogen-bond acceptors (Lipinski definition) is 2. The molecule has 0 aromatic carbocycles. The van der Waals surface area contributed by atoms with Crippen LogP contribution in [0, 0.1) is 0 Å². The molecule has 0 N–H and O–H groups in total. The second-order valence-corrected chi connectivity index (χ2v) is 15.5. The molecule has 0 bridgehead atoms. The molecule has 0 aliphatic carbocycles. The summed E-state index contributed by atoms with van der Waals surface area (Å²) in [5.74, 6) is 0. The number of rotatable bonds is 2. The van der Waals surface area contributed by atoms with Gasteiger partial charge in [-0.25, -0.2) is 0 Å². The molecule has 6 heteroatoms. The first-order valence-corrected chi connectivity index (χ1v) is 12.6. The van der Waals surface area contributed by atoms with E-state index in [4.69, 9.17) is 0 Å². The number of aromatic nitrogens is 2. The molecule has 2 nitrogen and oxygen atoms in total. The van der Waals surface area contributed by atoms with Crippen molar-refractivity contribution in [3.63, 3.8) is 0 Å². The Balaban J connectivity index is 3.56. The Morgan fingerprint density at radius 3 is 2.06 bits per heavy atom. The molecule has 0 saturated carbocycles. The van der Waals surface area contributed by atoms with E-state index in [0.29, 0.717) is 0 Å². The van der Waals surface area contributed by atoms with Gasteiger partial charge in [-0.3, -0.25) is 0 Å². The molecule has 1 aromatic heterocycles. The third kappa shape index (κ3) is 3.90. The van der Waals surface area contributed by atoms with Crippen LogP contribution in [0.4, 0.5) is 0 Å². The van der Waals surface area contributed by atoms with Gasteiger partial charge in [0.15, 0.2) is 0 Å². The maximum absolute atomic E-state index is 4.44. The lowest BCUT2D eigenvalue weighted by atomic mass is 9.77. The molecule has 18 heavy (non-hydrogen) atoms. The lowest BCUT2D eigenvalue weighted by Crippen LogP contribution is -2.30. The van der Waals surface area contributed by atoms with Gasteiger partial charge in [-0.1, -0.05) is 49.5 Å². The van der Waals surface area contributed by atoms with Crippen LogP contribution >= 0.6 is 33.1 Å². The smallest absolute Gasteiger partial charge is 0.0979 e. The summed E-state index contributed by atoms with van der Waals surface area (Å²) in [4.78, 5) is 0. The molecule has 102 valence electrons. The first kappa shape index (κ1) is 16.9. The van der Waals surface area contributed by atoms with E-state index in [1.807, 2.05) is 6.20 Å². The molecule has 0 aliphatic rings. The second-order valence-electron chi connectivity index (χ2n) is 6.46. The van der Waals surface area contributed by atoms with Crippen LogP contribution in [0.2, 0.25) is 0 Å². The summed E-state index contributed by atoms with van der Waals surface area (Å²) < 4.78 is 0. The summed E-state index contributed by atoms with van der Waals surface area (Å²) in [6, 6.07) is 0. The molecule has 4 atom stereocenters. The van der Waals surface area contributed by atoms with Crippen LogP contribution in [0.15, 0.2) is 6.20 Å². The highest BCUT2D eigenvalue weighted by Crippen LogP contribution is 2.65. The fourth-order valence-corrected chi connectivity index (χ4v) is 5.36. The Morgan fingerprint density at radius 2 is 1.67 bits per heavy atom. The van der Waals surface area contributed by atoms with Crippen LogP contribution in [-0.2, 0) is 10.8 Å². The quantitative estimate of drug-likeness (QED) is 0.757. The molecule has 0 amide bonds. The molecule has 0 radical (unpaired) electrons. The molecule has 0 saturated heterocycles. The van der Waals surface area contributed by atoms with Crippen molar-refractivity contribution in [1.82, 2.24) is 10.2 Å². The normalized spacial score (nSPS) is 15.3. The predicted octanol–water partition coefficient (Wildman–Crippen LogP) is 4.35. The SMILES string of the molecule is CC(C)(C)c1cnnc(P(P)PP)c1C(C)(C)C. The van der Waals surface area contributed by atoms with Crippen LogP contribution in [0.5, 0.6) is 0 Å². The minimum Gasteiger partial charge on any atom is -0.158 e. The van der Waals surface area contributed by atoms with Crippen LogP contribution in [0.25, 0.3) is 0 Å². The van der Waals surface area contributed by atoms with E-state index in [1.54, 1.807) is 0 Å². The van der Waals surface area contributed by atoms with Crippen molar-refractivity contribution < 1.29 is 0 Å². The Morgan fingerprint density at radius 1 is 1.11 bits per heavy atom. The molecule has 1 heterocycles. The van der Waals surface area contributed by atoms with Gasteiger partial charge in [-0.15, -0.1) is 23.0 Å². The maximum Gasteiger partial charge on any atom is 0.0979 e.